The summed E-state index contributed by atoms with van der Waals surface area (Å²) in [6.45, 7) is 0. The molecule has 2 aromatic heterocycles. The molecule has 4 aromatic rings. The summed E-state index contributed by atoms with van der Waals surface area (Å²) in [7, 11) is 0. The van der Waals surface area contributed by atoms with Gasteiger partial charge in [0.1, 0.15) is 17.2 Å². The summed E-state index contributed by atoms with van der Waals surface area (Å²) < 4.78 is 15.3. The minimum Gasteiger partial charge on any atom is -0.326 e. The molecule has 5 rings (SSSR count). The number of imidazole rings is 1. The van der Waals surface area contributed by atoms with Crippen molar-refractivity contribution >= 4 is 22.8 Å². The van der Waals surface area contributed by atoms with Gasteiger partial charge in [-0.2, -0.15) is 0 Å². The average Bonchev–Trinajstić information content (AvgIpc) is 3.21. The van der Waals surface area contributed by atoms with Crippen molar-refractivity contribution in [3.8, 4) is 17.1 Å². The predicted octanol–water partition coefficient (Wildman–Crippen LogP) is 3.72. The van der Waals surface area contributed by atoms with Crippen LogP contribution >= 0.6 is 0 Å². The lowest BCUT2D eigenvalue weighted by Crippen LogP contribution is -2.03. The number of carbonyl (C=O) groups is 1. The topological polar surface area (TPSA) is 59.8 Å². The zero-order valence-electron chi connectivity index (χ0n) is 13.6. The highest BCUT2D eigenvalue weighted by Gasteiger charge is 2.20. The van der Waals surface area contributed by atoms with Crippen molar-refractivity contribution in [2.75, 3.05) is 5.32 Å². The lowest BCUT2D eigenvalue weighted by Gasteiger charge is -2.10. The first-order valence-corrected chi connectivity index (χ1v) is 8.21. The fourth-order valence-electron chi connectivity index (χ4n) is 3.30. The summed E-state index contributed by atoms with van der Waals surface area (Å²) in [5.41, 5.74) is 4.89. The van der Waals surface area contributed by atoms with E-state index in [9.17, 15) is 9.18 Å². The van der Waals surface area contributed by atoms with Gasteiger partial charge in [-0.05, 0) is 60.2 Å². The molecule has 126 valence electrons. The molecule has 1 aliphatic heterocycles. The number of aromatic nitrogens is 3. The number of pyridine rings is 1. The number of amides is 1. The molecule has 5 nitrogen and oxygen atoms in total. The minimum absolute atomic E-state index is 0.00970. The fourth-order valence-corrected chi connectivity index (χ4v) is 3.30. The number of nitrogens with zero attached hydrogens (tertiary/aromatic N) is 3. The first-order chi connectivity index (χ1) is 12.7. The molecular formula is C20H13FN4O. The Bertz CT molecular complexity index is 1160. The van der Waals surface area contributed by atoms with Gasteiger partial charge in [-0.1, -0.05) is 0 Å². The molecule has 6 heteroatoms. The van der Waals surface area contributed by atoms with E-state index < -0.39 is 0 Å². The van der Waals surface area contributed by atoms with Crippen molar-refractivity contribution in [3.63, 3.8) is 0 Å². The monoisotopic (exact) mass is 344 g/mol. The van der Waals surface area contributed by atoms with Crippen LogP contribution in [0.15, 0.2) is 60.8 Å². The Morgan fingerprint density at radius 2 is 1.92 bits per heavy atom. The standard InChI is InChI=1S/C20H13FN4O/c21-14-5-3-12(4-6-14)19-24-17-2-1-9-22-20(17)25(19)15-7-8-16-13(10-15)11-18(26)23-16/h1-10H,11H2,(H,23,26). The smallest absolute Gasteiger partial charge is 0.228 e. The summed E-state index contributed by atoms with van der Waals surface area (Å²) in [5.74, 6) is 0.372. The van der Waals surface area contributed by atoms with E-state index >= 15 is 0 Å². The Morgan fingerprint density at radius 3 is 2.77 bits per heavy atom. The lowest BCUT2D eigenvalue weighted by atomic mass is 10.1. The van der Waals surface area contributed by atoms with Gasteiger partial charge in [-0.25, -0.2) is 14.4 Å². The van der Waals surface area contributed by atoms with Gasteiger partial charge < -0.3 is 5.32 Å². The second kappa shape index (κ2) is 5.49. The molecule has 0 saturated carbocycles. The summed E-state index contributed by atoms with van der Waals surface area (Å²) >= 11 is 0. The van der Waals surface area contributed by atoms with Gasteiger partial charge in [-0.3, -0.25) is 9.36 Å². The summed E-state index contributed by atoms with van der Waals surface area (Å²) in [6, 6.07) is 15.7. The van der Waals surface area contributed by atoms with E-state index in [4.69, 9.17) is 4.98 Å². The first-order valence-electron chi connectivity index (χ1n) is 8.21. The highest BCUT2D eigenvalue weighted by atomic mass is 19.1. The molecule has 1 aliphatic rings. The number of hydrogen-bond acceptors (Lipinski definition) is 3. The van der Waals surface area contributed by atoms with E-state index in [-0.39, 0.29) is 11.7 Å². The molecule has 0 atom stereocenters. The van der Waals surface area contributed by atoms with Crippen molar-refractivity contribution < 1.29 is 9.18 Å². The predicted molar refractivity (Wildman–Crippen MR) is 96.6 cm³/mol. The molecule has 1 N–H and O–H groups in total. The number of anilines is 1. The molecule has 0 radical (unpaired) electrons. The molecule has 0 aliphatic carbocycles. The van der Waals surface area contributed by atoms with Gasteiger partial charge in [0.15, 0.2) is 5.65 Å². The van der Waals surface area contributed by atoms with E-state index in [0.717, 1.165) is 28.0 Å². The van der Waals surface area contributed by atoms with Crippen molar-refractivity contribution in [2.24, 2.45) is 0 Å². The van der Waals surface area contributed by atoms with Crippen molar-refractivity contribution in [3.05, 3.63) is 72.2 Å². The van der Waals surface area contributed by atoms with Crippen LogP contribution in [0.25, 0.3) is 28.2 Å². The van der Waals surface area contributed by atoms with Crippen LogP contribution in [0.3, 0.4) is 0 Å². The van der Waals surface area contributed by atoms with E-state index in [1.54, 1.807) is 18.3 Å². The van der Waals surface area contributed by atoms with Crippen LogP contribution in [0.4, 0.5) is 10.1 Å². The van der Waals surface area contributed by atoms with Crippen LogP contribution in [0.5, 0.6) is 0 Å². The van der Waals surface area contributed by atoms with Gasteiger partial charge >= 0.3 is 0 Å². The maximum atomic E-state index is 13.3. The van der Waals surface area contributed by atoms with Gasteiger partial charge in [0.05, 0.1) is 6.42 Å². The minimum atomic E-state index is -0.295. The van der Waals surface area contributed by atoms with E-state index in [0.29, 0.717) is 17.9 Å². The molecule has 0 saturated heterocycles. The first kappa shape index (κ1) is 14.8. The number of hydrogen-bond donors (Lipinski definition) is 1. The zero-order valence-corrected chi connectivity index (χ0v) is 13.6. The van der Waals surface area contributed by atoms with Crippen molar-refractivity contribution in [2.45, 2.75) is 6.42 Å². The van der Waals surface area contributed by atoms with Crippen molar-refractivity contribution in [1.29, 1.82) is 0 Å². The SMILES string of the molecule is O=C1Cc2cc(-n3c(-c4ccc(F)cc4)nc4cccnc43)ccc2N1. The number of halogens is 1. The maximum absolute atomic E-state index is 13.3. The van der Waals surface area contributed by atoms with E-state index in [1.165, 1.54) is 12.1 Å². The van der Waals surface area contributed by atoms with Crippen LogP contribution in [0.2, 0.25) is 0 Å². The maximum Gasteiger partial charge on any atom is 0.228 e. The average molecular weight is 344 g/mol. The highest BCUT2D eigenvalue weighted by Crippen LogP contribution is 2.31. The molecule has 26 heavy (non-hydrogen) atoms. The van der Waals surface area contributed by atoms with Crippen LogP contribution in [-0.2, 0) is 11.2 Å². The molecule has 3 heterocycles. The number of rotatable bonds is 2. The summed E-state index contributed by atoms with van der Waals surface area (Å²) in [6.07, 6.45) is 2.07. The lowest BCUT2D eigenvalue weighted by molar-refractivity contribution is -0.115. The van der Waals surface area contributed by atoms with Gasteiger partial charge in [-0.15, -0.1) is 0 Å². The molecule has 1 amide bonds. The Balaban J connectivity index is 1.76. The Hall–Kier alpha value is -3.54. The number of carbonyl (C=O) groups excluding carboxylic acids is 1. The molecular weight excluding hydrogens is 331 g/mol. The number of benzene rings is 2. The van der Waals surface area contributed by atoms with E-state index in [1.807, 2.05) is 34.9 Å². The molecule has 2 aromatic carbocycles. The molecule has 0 spiro atoms. The van der Waals surface area contributed by atoms with Gasteiger partial charge in [0.25, 0.3) is 0 Å². The quantitative estimate of drug-likeness (QED) is 0.603. The third kappa shape index (κ3) is 2.27. The number of nitrogens with one attached hydrogen (secondary N) is 1. The zero-order chi connectivity index (χ0) is 17.7. The van der Waals surface area contributed by atoms with Gasteiger partial charge in [0, 0.05) is 23.1 Å². The second-order valence-electron chi connectivity index (χ2n) is 6.19. The number of fused-ring (bicyclic) bond motifs is 2. The second-order valence-corrected chi connectivity index (χ2v) is 6.19. The third-order valence-corrected chi connectivity index (χ3v) is 4.49. The largest absolute Gasteiger partial charge is 0.326 e. The molecule has 0 fully saturated rings. The Labute approximate surface area is 148 Å². The molecule has 0 unspecified atom stereocenters. The van der Waals surface area contributed by atoms with Crippen LogP contribution < -0.4 is 5.32 Å². The Kier molecular flexibility index (Phi) is 3.12. The van der Waals surface area contributed by atoms with Crippen LogP contribution in [0.1, 0.15) is 5.56 Å². The van der Waals surface area contributed by atoms with E-state index in [2.05, 4.69) is 10.3 Å². The summed E-state index contributed by atoms with van der Waals surface area (Å²) in [4.78, 5) is 20.8. The molecule has 0 bridgehead atoms. The van der Waals surface area contributed by atoms with Crippen LogP contribution in [-0.4, -0.2) is 20.4 Å². The van der Waals surface area contributed by atoms with Gasteiger partial charge in [0.2, 0.25) is 5.91 Å². The summed E-state index contributed by atoms with van der Waals surface area (Å²) in [5, 5.41) is 2.84. The Morgan fingerprint density at radius 1 is 1.08 bits per heavy atom. The normalized spacial score (nSPS) is 13.0. The highest BCUT2D eigenvalue weighted by molar-refractivity contribution is 5.99. The third-order valence-electron chi connectivity index (χ3n) is 4.49. The van der Waals surface area contributed by atoms with Crippen LogP contribution in [0, 0.1) is 5.82 Å². The fraction of sp³-hybridized carbons (Fsp3) is 0.0500. The van der Waals surface area contributed by atoms with Crippen molar-refractivity contribution in [1.82, 2.24) is 14.5 Å².